The summed E-state index contributed by atoms with van der Waals surface area (Å²) in [5, 5.41) is 11.4. The van der Waals surface area contributed by atoms with Crippen molar-refractivity contribution in [3.63, 3.8) is 0 Å². The van der Waals surface area contributed by atoms with E-state index < -0.39 is 14.9 Å². The second-order valence-corrected chi connectivity index (χ2v) is 10.5. The number of hydrogen-bond donors (Lipinski definition) is 0. The van der Waals surface area contributed by atoms with Crippen LogP contribution in [0.25, 0.3) is 0 Å². The van der Waals surface area contributed by atoms with E-state index in [1.54, 1.807) is 0 Å². The van der Waals surface area contributed by atoms with Crippen molar-refractivity contribution in [3.8, 4) is 11.5 Å². The van der Waals surface area contributed by atoms with E-state index in [-0.39, 0.29) is 16.3 Å². The van der Waals surface area contributed by atoms with E-state index in [4.69, 9.17) is 4.74 Å². The number of nitro benzene ring substituents is 1. The highest BCUT2D eigenvalue weighted by Gasteiger charge is 2.35. The zero-order valence-electron chi connectivity index (χ0n) is 18.5. The van der Waals surface area contributed by atoms with E-state index in [1.807, 2.05) is 32.0 Å². The molecule has 2 fully saturated rings. The van der Waals surface area contributed by atoms with E-state index in [9.17, 15) is 18.5 Å². The summed E-state index contributed by atoms with van der Waals surface area (Å²) in [6.07, 6.45) is 3.93. The highest BCUT2D eigenvalue weighted by atomic mass is 32.2. The minimum absolute atomic E-state index is 0.103. The summed E-state index contributed by atoms with van der Waals surface area (Å²) < 4.78 is 34.6. The van der Waals surface area contributed by atoms with Gasteiger partial charge in [-0.1, -0.05) is 12.1 Å². The van der Waals surface area contributed by atoms with Gasteiger partial charge in [0.15, 0.2) is 0 Å². The van der Waals surface area contributed by atoms with Crippen LogP contribution in [-0.2, 0) is 10.0 Å². The van der Waals surface area contributed by atoms with Crippen molar-refractivity contribution in [2.24, 2.45) is 0 Å². The fourth-order valence-corrected chi connectivity index (χ4v) is 6.13. The summed E-state index contributed by atoms with van der Waals surface area (Å²) >= 11 is 0. The number of aryl methyl sites for hydroxylation is 2. The van der Waals surface area contributed by atoms with Crippen LogP contribution in [0, 0.1) is 24.0 Å². The van der Waals surface area contributed by atoms with Crippen molar-refractivity contribution < 1.29 is 18.1 Å². The van der Waals surface area contributed by atoms with Crippen LogP contribution in [-0.4, -0.2) is 54.8 Å². The lowest BCUT2D eigenvalue weighted by Gasteiger charge is -2.36. The molecule has 0 amide bonds. The highest BCUT2D eigenvalue weighted by Crippen LogP contribution is 2.36. The number of non-ortho nitro benzene ring substituents is 1. The maximum absolute atomic E-state index is 13.6. The van der Waals surface area contributed by atoms with Crippen LogP contribution >= 0.6 is 0 Å². The molecular formula is C23H29N3O5S. The van der Waals surface area contributed by atoms with E-state index in [1.165, 1.54) is 29.3 Å². The van der Waals surface area contributed by atoms with Crippen molar-refractivity contribution in [1.29, 1.82) is 0 Å². The predicted molar refractivity (Wildman–Crippen MR) is 122 cm³/mol. The van der Waals surface area contributed by atoms with Gasteiger partial charge in [0.25, 0.3) is 5.69 Å². The molecule has 0 aromatic heterocycles. The van der Waals surface area contributed by atoms with E-state index in [0.717, 1.165) is 43.1 Å². The molecular weight excluding hydrogens is 430 g/mol. The number of piperidine rings is 1. The molecule has 0 saturated carbocycles. The van der Waals surface area contributed by atoms with Gasteiger partial charge in [-0.2, -0.15) is 4.31 Å². The molecule has 2 saturated heterocycles. The Hall–Kier alpha value is -2.49. The lowest BCUT2D eigenvalue weighted by atomic mass is 10.1. The molecule has 0 spiro atoms. The Labute approximate surface area is 189 Å². The van der Waals surface area contributed by atoms with E-state index in [2.05, 4.69) is 4.90 Å². The molecule has 4 rings (SSSR count). The Morgan fingerprint density at radius 2 is 1.66 bits per heavy atom. The predicted octanol–water partition coefficient (Wildman–Crippen LogP) is 4.25. The van der Waals surface area contributed by atoms with Crippen LogP contribution in [0.4, 0.5) is 5.69 Å². The van der Waals surface area contributed by atoms with Crippen LogP contribution < -0.4 is 4.74 Å². The van der Waals surface area contributed by atoms with Crippen molar-refractivity contribution in [2.75, 3.05) is 26.2 Å². The topological polar surface area (TPSA) is 93.0 Å². The van der Waals surface area contributed by atoms with Crippen LogP contribution in [0.2, 0.25) is 0 Å². The van der Waals surface area contributed by atoms with Gasteiger partial charge < -0.3 is 9.64 Å². The van der Waals surface area contributed by atoms with Gasteiger partial charge in [-0.3, -0.25) is 10.1 Å². The molecule has 8 nitrogen and oxygen atoms in total. The second kappa shape index (κ2) is 9.17. The molecule has 0 atom stereocenters. The summed E-state index contributed by atoms with van der Waals surface area (Å²) in [5.41, 5.74) is 1.55. The molecule has 2 aliphatic rings. The Morgan fingerprint density at radius 1 is 0.969 bits per heavy atom. The number of sulfonamides is 1. The fourth-order valence-electron chi connectivity index (χ4n) is 4.53. The molecule has 2 aromatic rings. The first-order chi connectivity index (χ1) is 15.3. The average Bonchev–Trinajstić information content (AvgIpc) is 3.31. The second-order valence-electron chi connectivity index (χ2n) is 8.64. The summed E-state index contributed by atoms with van der Waals surface area (Å²) in [6.45, 7) is 6.75. The average molecular weight is 460 g/mol. The molecule has 0 N–H and O–H groups in total. The van der Waals surface area contributed by atoms with Crippen LogP contribution in [0.5, 0.6) is 11.5 Å². The zero-order chi connectivity index (χ0) is 22.9. The first kappa shape index (κ1) is 22.7. The zero-order valence-corrected chi connectivity index (χ0v) is 19.3. The number of ether oxygens (including phenoxy) is 1. The Kier molecular flexibility index (Phi) is 6.50. The van der Waals surface area contributed by atoms with Gasteiger partial charge in [0.2, 0.25) is 10.0 Å². The molecule has 32 heavy (non-hydrogen) atoms. The van der Waals surface area contributed by atoms with Gasteiger partial charge in [0, 0.05) is 31.3 Å². The lowest BCUT2D eigenvalue weighted by Crippen LogP contribution is -2.45. The smallest absolute Gasteiger partial charge is 0.271 e. The van der Waals surface area contributed by atoms with Crippen LogP contribution in [0.1, 0.15) is 36.8 Å². The third kappa shape index (κ3) is 4.65. The minimum atomic E-state index is -3.95. The highest BCUT2D eigenvalue weighted by molar-refractivity contribution is 7.89. The standard InChI is InChI=1S/C23H29N3O5S/c1-17-5-6-18(2)22(15-17)31-21-8-7-20(26(27)28)16-23(21)32(29,30)25-13-9-19(10-14-25)24-11-3-4-12-24/h5-8,15-16,19H,3-4,9-14H2,1-2H3. The van der Waals surface area contributed by atoms with Gasteiger partial charge in [0.1, 0.15) is 16.4 Å². The molecule has 0 unspecified atom stereocenters. The number of benzene rings is 2. The molecule has 2 heterocycles. The summed E-state index contributed by atoms with van der Waals surface area (Å²) in [6, 6.07) is 9.84. The Balaban J connectivity index is 1.63. The lowest BCUT2D eigenvalue weighted by molar-refractivity contribution is -0.385. The molecule has 2 aromatic carbocycles. The van der Waals surface area contributed by atoms with Crippen LogP contribution in [0.3, 0.4) is 0 Å². The number of rotatable bonds is 6. The monoisotopic (exact) mass is 459 g/mol. The van der Waals surface area contributed by atoms with E-state index >= 15 is 0 Å². The first-order valence-electron chi connectivity index (χ1n) is 11.0. The summed E-state index contributed by atoms with van der Waals surface area (Å²) in [7, 11) is -3.95. The van der Waals surface area contributed by atoms with Crippen molar-refractivity contribution in [3.05, 3.63) is 57.6 Å². The largest absolute Gasteiger partial charge is 0.456 e. The van der Waals surface area contributed by atoms with Gasteiger partial charge in [0.05, 0.1) is 4.92 Å². The van der Waals surface area contributed by atoms with Gasteiger partial charge >= 0.3 is 0 Å². The SMILES string of the molecule is Cc1ccc(C)c(Oc2ccc([N+](=O)[O-])cc2S(=O)(=O)N2CCC(N3CCCC3)CC2)c1. The number of nitrogens with zero attached hydrogens (tertiary/aromatic N) is 3. The molecule has 0 bridgehead atoms. The van der Waals surface area contributed by atoms with Gasteiger partial charge in [-0.25, -0.2) is 8.42 Å². The maximum Gasteiger partial charge on any atom is 0.271 e. The molecule has 0 aliphatic carbocycles. The quantitative estimate of drug-likeness (QED) is 0.474. The summed E-state index contributed by atoms with van der Waals surface area (Å²) in [5.74, 6) is 0.633. The van der Waals surface area contributed by atoms with Crippen molar-refractivity contribution >= 4 is 15.7 Å². The molecule has 9 heteroatoms. The van der Waals surface area contributed by atoms with Gasteiger partial charge in [-0.15, -0.1) is 0 Å². The summed E-state index contributed by atoms with van der Waals surface area (Å²) in [4.78, 5) is 13.1. The Bertz CT molecular complexity index is 1100. The molecule has 172 valence electrons. The third-order valence-corrected chi connectivity index (χ3v) is 8.32. The fraction of sp³-hybridized carbons (Fsp3) is 0.478. The Morgan fingerprint density at radius 3 is 2.31 bits per heavy atom. The normalized spacial score (nSPS) is 18.7. The van der Waals surface area contributed by atoms with Crippen LogP contribution in [0.15, 0.2) is 41.3 Å². The minimum Gasteiger partial charge on any atom is -0.456 e. The van der Waals surface area contributed by atoms with Crippen molar-refractivity contribution in [1.82, 2.24) is 9.21 Å². The number of nitro groups is 1. The number of hydrogen-bond acceptors (Lipinski definition) is 6. The number of likely N-dealkylation sites (tertiary alicyclic amines) is 1. The molecule has 2 aliphatic heterocycles. The van der Waals surface area contributed by atoms with E-state index in [0.29, 0.717) is 24.9 Å². The van der Waals surface area contributed by atoms with Crippen molar-refractivity contribution in [2.45, 2.75) is 50.5 Å². The first-order valence-corrected chi connectivity index (χ1v) is 12.5. The maximum atomic E-state index is 13.6. The molecule has 0 radical (unpaired) electrons. The van der Waals surface area contributed by atoms with Gasteiger partial charge in [-0.05, 0) is 75.9 Å². The third-order valence-electron chi connectivity index (χ3n) is 6.40.